The lowest BCUT2D eigenvalue weighted by molar-refractivity contribution is -0.132. The zero-order chi connectivity index (χ0) is 19.1. The largest absolute Gasteiger partial charge is 0.353 e. The van der Waals surface area contributed by atoms with E-state index in [2.05, 4.69) is 10.6 Å². The minimum atomic E-state index is -0.248. The van der Waals surface area contributed by atoms with Gasteiger partial charge in [0.05, 0.1) is 13.1 Å². The fourth-order valence-corrected chi connectivity index (χ4v) is 2.80. The van der Waals surface area contributed by atoms with Crippen LogP contribution in [0.25, 0.3) is 0 Å². The van der Waals surface area contributed by atoms with Crippen LogP contribution < -0.4 is 10.6 Å². The minimum absolute atomic E-state index is 0.00476. The van der Waals surface area contributed by atoms with E-state index in [4.69, 9.17) is 0 Å². The highest BCUT2D eigenvalue weighted by Crippen LogP contribution is 2.04. The summed E-state index contributed by atoms with van der Waals surface area (Å²) < 4.78 is 0. The van der Waals surface area contributed by atoms with Gasteiger partial charge >= 0.3 is 0 Å². The lowest BCUT2D eigenvalue weighted by atomic mass is 10.1. The smallest absolute Gasteiger partial charge is 0.251 e. The van der Waals surface area contributed by atoms with Crippen molar-refractivity contribution in [1.29, 1.82) is 0 Å². The van der Waals surface area contributed by atoms with Crippen LogP contribution in [0.3, 0.4) is 0 Å². The molecule has 7 nitrogen and oxygen atoms in total. The summed E-state index contributed by atoms with van der Waals surface area (Å²) in [7, 11) is 0. The molecule has 1 heterocycles. The summed E-state index contributed by atoms with van der Waals surface area (Å²) >= 11 is 0. The Hall–Kier alpha value is -2.41. The molecule has 0 radical (unpaired) electrons. The van der Waals surface area contributed by atoms with Gasteiger partial charge in [-0.2, -0.15) is 0 Å². The molecule has 2 N–H and O–H groups in total. The molecule has 7 heteroatoms. The van der Waals surface area contributed by atoms with E-state index in [9.17, 15) is 14.4 Å². The molecule has 1 aliphatic rings. The van der Waals surface area contributed by atoms with Crippen LogP contribution in [0.2, 0.25) is 0 Å². The second-order valence-corrected chi connectivity index (χ2v) is 6.93. The first-order chi connectivity index (χ1) is 12.3. The summed E-state index contributed by atoms with van der Waals surface area (Å²) in [6, 6.07) is 7.35. The number of carbonyl (C=O) groups is 3. The molecule has 0 aliphatic carbocycles. The molecule has 1 aliphatic heterocycles. The predicted molar refractivity (Wildman–Crippen MR) is 99.8 cm³/mol. The molecule has 1 saturated heterocycles. The van der Waals surface area contributed by atoms with Crippen LogP contribution in [0.15, 0.2) is 24.3 Å². The molecule has 0 unspecified atom stereocenters. The Bertz CT molecular complexity index is 635. The lowest BCUT2D eigenvalue weighted by Crippen LogP contribution is -2.53. The molecule has 0 saturated carbocycles. The van der Waals surface area contributed by atoms with Gasteiger partial charge in [-0.25, -0.2) is 0 Å². The molecular weight excluding hydrogens is 332 g/mol. The van der Waals surface area contributed by atoms with Crippen LogP contribution in [0.4, 0.5) is 0 Å². The number of rotatable bonds is 6. The Morgan fingerprint density at radius 1 is 1.04 bits per heavy atom. The maximum atomic E-state index is 12.3. The second-order valence-electron chi connectivity index (χ2n) is 6.93. The van der Waals surface area contributed by atoms with Crippen molar-refractivity contribution >= 4 is 17.7 Å². The molecule has 1 aromatic carbocycles. The summed E-state index contributed by atoms with van der Waals surface area (Å²) in [5.74, 6) is -0.343. The summed E-state index contributed by atoms with van der Waals surface area (Å²) in [5, 5.41) is 5.54. The van der Waals surface area contributed by atoms with Crippen molar-refractivity contribution in [2.45, 2.75) is 26.8 Å². The van der Waals surface area contributed by atoms with Gasteiger partial charge < -0.3 is 15.5 Å². The third kappa shape index (κ3) is 6.15. The Labute approximate surface area is 154 Å². The third-order valence-electron chi connectivity index (χ3n) is 4.26. The zero-order valence-electron chi connectivity index (χ0n) is 15.7. The molecule has 26 heavy (non-hydrogen) atoms. The Balaban J connectivity index is 1.72. The molecular formula is C19H28N4O3. The SMILES string of the molecule is Cc1ccc(C(=O)NCC(=O)N2CCN(CC(=O)NC(C)C)CC2)cc1. The van der Waals surface area contributed by atoms with E-state index >= 15 is 0 Å². The fraction of sp³-hybridized carbons (Fsp3) is 0.526. The quantitative estimate of drug-likeness (QED) is 0.769. The van der Waals surface area contributed by atoms with Gasteiger partial charge in [0.1, 0.15) is 0 Å². The number of carbonyl (C=O) groups excluding carboxylic acids is 3. The molecule has 3 amide bonds. The van der Waals surface area contributed by atoms with Crippen LogP contribution in [-0.2, 0) is 9.59 Å². The Morgan fingerprint density at radius 2 is 1.65 bits per heavy atom. The normalized spacial score (nSPS) is 15.0. The maximum absolute atomic E-state index is 12.3. The average Bonchev–Trinajstić information content (AvgIpc) is 2.60. The fourth-order valence-electron chi connectivity index (χ4n) is 2.80. The topological polar surface area (TPSA) is 81.8 Å². The van der Waals surface area contributed by atoms with Gasteiger partial charge in [-0.1, -0.05) is 17.7 Å². The number of benzene rings is 1. The minimum Gasteiger partial charge on any atom is -0.353 e. The predicted octanol–water partition coefficient (Wildman–Crippen LogP) is 0.394. The highest BCUT2D eigenvalue weighted by atomic mass is 16.2. The number of hydrogen-bond acceptors (Lipinski definition) is 4. The van der Waals surface area contributed by atoms with E-state index < -0.39 is 0 Å². The number of hydrogen-bond donors (Lipinski definition) is 2. The third-order valence-corrected chi connectivity index (χ3v) is 4.26. The highest BCUT2D eigenvalue weighted by Gasteiger charge is 2.22. The Kier molecular flexibility index (Phi) is 7.15. The first kappa shape index (κ1) is 19.9. The summed E-state index contributed by atoms with van der Waals surface area (Å²) in [6.07, 6.45) is 0. The molecule has 0 aromatic heterocycles. The van der Waals surface area contributed by atoms with Gasteiger partial charge in [-0.05, 0) is 32.9 Å². The van der Waals surface area contributed by atoms with Crippen LogP contribution >= 0.6 is 0 Å². The molecule has 2 rings (SSSR count). The summed E-state index contributed by atoms with van der Waals surface area (Å²) in [6.45, 7) is 8.59. The first-order valence-electron chi connectivity index (χ1n) is 8.99. The highest BCUT2D eigenvalue weighted by molar-refractivity contribution is 5.96. The van der Waals surface area contributed by atoms with E-state index in [1.165, 1.54) is 0 Å². The number of aryl methyl sites for hydroxylation is 1. The van der Waals surface area contributed by atoms with E-state index in [0.717, 1.165) is 5.56 Å². The van der Waals surface area contributed by atoms with Gasteiger partial charge in [-0.3, -0.25) is 19.3 Å². The second kappa shape index (κ2) is 9.33. The Morgan fingerprint density at radius 3 is 2.23 bits per heavy atom. The van der Waals surface area contributed by atoms with Crippen molar-refractivity contribution in [1.82, 2.24) is 20.4 Å². The van der Waals surface area contributed by atoms with Crippen molar-refractivity contribution < 1.29 is 14.4 Å². The average molecular weight is 360 g/mol. The van der Waals surface area contributed by atoms with Crippen molar-refractivity contribution in [2.75, 3.05) is 39.3 Å². The van der Waals surface area contributed by atoms with Crippen LogP contribution in [0, 0.1) is 6.92 Å². The first-order valence-corrected chi connectivity index (χ1v) is 8.99. The number of nitrogens with one attached hydrogen (secondary N) is 2. The van der Waals surface area contributed by atoms with Crippen molar-refractivity contribution in [2.24, 2.45) is 0 Å². The van der Waals surface area contributed by atoms with Gasteiger partial charge in [0.15, 0.2) is 0 Å². The van der Waals surface area contributed by atoms with Crippen LogP contribution in [0.5, 0.6) is 0 Å². The van der Waals surface area contributed by atoms with Crippen molar-refractivity contribution in [3.8, 4) is 0 Å². The number of amides is 3. The standard InChI is InChI=1S/C19H28N4O3/c1-14(2)21-17(24)13-22-8-10-23(11-9-22)18(25)12-20-19(26)16-6-4-15(3)5-7-16/h4-7,14H,8-13H2,1-3H3,(H,20,26)(H,21,24). The van der Waals surface area contributed by atoms with Crippen LogP contribution in [-0.4, -0.2) is 72.8 Å². The number of piperazine rings is 1. The molecule has 0 spiro atoms. The van der Waals surface area contributed by atoms with E-state index in [1.54, 1.807) is 17.0 Å². The zero-order valence-corrected chi connectivity index (χ0v) is 15.7. The van der Waals surface area contributed by atoms with Gasteiger partial charge in [0.2, 0.25) is 11.8 Å². The molecule has 1 fully saturated rings. The maximum Gasteiger partial charge on any atom is 0.251 e. The summed E-state index contributed by atoms with van der Waals surface area (Å²) in [5.41, 5.74) is 1.63. The number of nitrogens with zero attached hydrogens (tertiary/aromatic N) is 2. The monoisotopic (exact) mass is 360 g/mol. The van der Waals surface area contributed by atoms with Crippen molar-refractivity contribution in [3.05, 3.63) is 35.4 Å². The molecule has 142 valence electrons. The van der Waals surface area contributed by atoms with Gasteiger partial charge in [-0.15, -0.1) is 0 Å². The van der Waals surface area contributed by atoms with Gasteiger partial charge in [0.25, 0.3) is 5.91 Å². The van der Waals surface area contributed by atoms with E-state index in [1.807, 2.05) is 37.8 Å². The lowest BCUT2D eigenvalue weighted by Gasteiger charge is -2.34. The van der Waals surface area contributed by atoms with E-state index in [-0.39, 0.29) is 30.3 Å². The molecule has 1 aromatic rings. The van der Waals surface area contributed by atoms with Crippen molar-refractivity contribution in [3.63, 3.8) is 0 Å². The summed E-state index contributed by atoms with van der Waals surface area (Å²) in [4.78, 5) is 39.9. The van der Waals surface area contributed by atoms with E-state index in [0.29, 0.717) is 38.3 Å². The molecule has 0 atom stereocenters. The van der Waals surface area contributed by atoms with Crippen LogP contribution in [0.1, 0.15) is 29.8 Å². The van der Waals surface area contributed by atoms with Gasteiger partial charge in [0, 0.05) is 37.8 Å². The molecule has 0 bridgehead atoms.